The number of fused-ring (bicyclic) bond motifs is 6. The molecule has 0 saturated carbocycles. The van der Waals surface area contributed by atoms with Crippen molar-refractivity contribution in [3.8, 4) is 39.5 Å². The molecule has 0 radical (unpaired) electrons. The van der Waals surface area contributed by atoms with E-state index in [-0.39, 0.29) is 0 Å². The van der Waals surface area contributed by atoms with E-state index < -0.39 is 0 Å². The first kappa shape index (κ1) is 24.6. The van der Waals surface area contributed by atoms with Crippen LogP contribution in [-0.2, 0) is 0 Å². The molecule has 4 nitrogen and oxygen atoms in total. The molecule has 0 atom stereocenters. The molecule has 0 aliphatic rings. The molecule has 0 saturated heterocycles. The number of aromatic nitrogens is 3. The maximum atomic E-state index is 6.70. The Bertz CT molecular complexity index is 2460. The molecule has 0 N–H and O–H groups in total. The van der Waals surface area contributed by atoms with Crippen LogP contribution in [0.15, 0.2) is 156 Å². The SMILES string of the molecule is c1ccc(-c2ccc(-c3nc(-c4ccccc4)nc4c3oc3cc5c(cc34)c3ccccc3n5-c3ccccc3)cc2)cc1. The Labute approximate surface area is 253 Å². The zero-order chi connectivity index (χ0) is 29.0. The number of rotatable bonds is 4. The molecule has 0 aliphatic heterocycles. The van der Waals surface area contributed by atoms with Gasteiger partial charge in [-0.15, -0.1) is 0 Å². The minimum absolute atomic E-state index is 0.676. The fourth-order valence-corrected chi connectivity index (χ4v) is 6.32. The standard InChI is InChI=1S/C40H25N3O/c1-4-12-26(13-5-1)27-20-22-28(23-21-27)37-39-38(42-40(41-37)29-14-6-2-7-15-29)33-24-32-31-18-10-11-19-34(31)43(30-16-8-3-9-17-30)35(32)25-36(33)44-39/h1-25H. The van der Waals surface area contributed by atoms with E-state index in [0.717, 1.165) is 61.0 Å². The Hall–Kier alpha value is -6.00. The molecule has 6 aromatic carbocycles. The van der Waals surface area contributed by atoms with Crippen LogP contribution >= 0.6 is 0 Å². The molecule has 0 spiro atoms. The molecule has 4 heteroatoms. The summed E-state index contributed by atoms with van der Waals surface area (Å²) in [6, 6.07) is 52.5. The molecule has 0 aliphatic carbocycles. The molecule has 0 fully saturated rings. The largest absolute Gasteiger partial charge is 0.452 e. The lowest BCUT2D eigenvalue weighted by Crippen LogP contribution is -1.94. The van der Waals surface area contributed by atoms with Gasteiger partial charge < -0.3 is 8.98 Å². The van der Waals surface area contributed by atoms with Crippen LogP contribution in [0.25, 0.3) is 83.3 Å². The number of hydrogen-bond acceptors (Lipinski definition) is 3. The summed E-state index contributed by atoms with van der Waals surface area (Å²) >= 11 is 0. The third-order valence-electron chi connectivity index (χ3n) is 8.42. The number of hydrogen-bond donors (Lipinski definition) is 0. The zero-order valence-corrected chi connectivity index (χ0v) is 23.7. The third kappa shape index (κ3) is 3.85. The van der Waals surface area contributed by atoms with Crippen molar-refractivity contribution in [1.29, 1.82) is 0 Å². The van der Waals surface area contributed by atoms with Gasteiger partial charge in [-0.2, -0.15) is 0 Å². The predicted octanol–water partition coefficient (Wildman–Crippen LogP) is 10.5. The van der Waals surface area contributed by atoms with E-state index in [1.165, 1.54) is 10.9 Å². The van der Waals surface area contributed by atoms with E-state index in [0.29, 0.717) is 11.4 Å². The molecular formula is C40H25N3O. The average molecular weight is 564 g/mol. The predicted molar refractivity (Wildman–Crippen MR) is 180 cm³/mol. The van der Waals surface area contributed by atoms with Gasteiger partial charge in [0.15, 0.2) is 11.4 Å². The second kappa shape index (κ2) is 9.79. The van der Waals surface area contributed by atoms with Crippen LogP contribution in [0.5, 0.6) is 0 Å². The van der Waals surface area contributed by atoms with Gasteiger partial charge >= 0.3 is 0 Å². The number of para-hydroxylation sites is 2. The summed E-state index contributed by atoms with van der Waals surface area (Å²) in [4.78, 5) is 10.2. The molecule has 9 rings (SSSR count). The Morgan fingerprint density at radius 3 is 1.82 bits per heavy atom. The van der Waals surface area contributed by atoms with E-state index in [9.17, 15) is 0 Å². The van der Waals surface area contributed by atoms with E-state index in [4.69, 9.17) is 14.4 Å². The summed E-state index contributed by atoms with van der Waals surface area (Å²) in [5.74, 6) is 0.676. The molecule has 0 bridgehead atoms. The van der Waals surface area contributed by atoms with Crippen molar-refractivity contribution in [2.24, 2.45) is 0 Å². The first-order valence-corrected chi connectivity index (χ1v) is 14.8. The molecular weight excluding hydrogens is 538 g/mol. The second-order valence-corrected chi connectivity index (χ2v) is 11.0. The monoisotopic (exact) mass is 563 g/mol. The van der Waals surface area contributed by atoms with E-state index in [1.807, 2.05) is 30.3 Å². The van der Waals surface area contributed by atoms with Crippen molar-refractivity contribution in [3.05, 3.63) is 152 Å². The van der Waals surface area contributed by atoms with Crippen LogP contribution in [0, 0.1) is 0 Å². The first-order chi connectivity index (χ1) is 21.8. The van der Waals surface area contributed by atoms with Crippen LogP contribution < -0.4 is 0 Å². The molecule has 3 heterocycles. The lowest BCUT2D eigenvalue weighted by atomic mass is 10.0. The first-order valence-electron chi connectivity index (χ1n) is 14.8. The molecule has 0 unspecified atom stereocenters. The highest BCUT2D eigenvalue weighted by molar-refractivity contribution is 6.17. The minimum Gasteiger partial charge on any atom is -0.452 e. The van der Waals surface area contributed by atoms with Crippen LogP contribution in [0.3, 0.4) is 0 Å². The molecule has 44 heavy (non-hydrogen) atoms. The van der Waals surface area contributed by atoms with Gasteiger partial charge in [-0.1, -0.05) is 121 Å². The Kier molecular flexibility index (Phi) is 5.47. The fourth-order valence-electron chi connectivity index (χ4n) is 6.32. The van der Waals surface area contributed by atoms with Crippen LogP contribution in [-0.4, -0.2) is 14.5 Å². The zero-order valence-electron chi connectivity index (χ0n) is 23.7. The van der Waals surface area contributed by atoms with Gasteiger partial charge in [-0.05, 0) is 35.4 Å². The second-order valence-electron chi connectivity index (χ2n) is 11.0. The normalized spacial score (nSPS) is 11.6. The number of benzene rings is 6. The van der Waals surface area contributed by atoms with Gasteiger partial charge in [0, 0.05) is 39.0 Å². The van der Waals surface area contributed by atoms with Crippen molar-refractivity contribution < 1.29 is 4.42 Å². The quantitative estimate of drug-likeness (QED) is 0.214. The summed E-state index contributed by atoms with van der Waals surface area (Å²) in [6.45, 7) is 0. The van der Waals surface area contributed by atoms with E-state index >= 15 is 0 Å². The van der Waals surface area contributed by atoms with Crippen LogP contribution in [0.1, 0.15) is 0 Å². The van der Waals surface area contributed by atoms with Crippen molar-refractivity contribution in [2.45, 2.75) is 0 Å². The van der Waals surface area contributed by atoms with Gasteiger partial charge in [-0.25, -0.2) is 9.97 Å². The Balaban J connectivity index is 1.33. The van der Waals surface area contributed by atoms with Crippen LogP contribution in [0.2, 0.25) is 0 Å². The molecule has 9 aromatic rings. The summed E-state index contributed by atoms with van der Waals surface area (Å²) in [6.07, 6.45) is 0. The maximum absolute atomic E-state index is 6.70. The summed E-state index contributed by atoms with van der Waals surface area (Å²) in [5, 5.41) is 3.33. The molecule has 3 aromatic heterocycles. The number of furan rings is 1. The lowest BCUT2D eigenvalue weighted by Gasteiger charge is -2.07. The molecule has 0 amide bonds. The van der Waals surface area contributed by atoms with Crippen molar-refractivity contribution >= 4 is 43.9 Å². The van der Waals surface area contributed by atoms with Gasteiger partial charge in [0.05, 0.1) is 11.0 Å². The fraction of sp³-hybridized carbons (Fsp3) is 0. The topological polar surface area (TPSA) is 43.9 Å². The number of nitrogens with zero attached hydrogens (tertiary/aromatic N) is 3. The van der Waals surface area contributed by atoms with Crippen molar-refractivity contribution in [1.82, 2.24) is 14.5 Å². The lowest BCUT2D eigenvalue weighted by molar-refractivity contribution is 0.667. The van der Waals surface area contributed by atoms with Gasteiger partial charge in [0.2, 0.25) is 0 Å². The Morgan fingerprint density at radius 2 is 1.07 bits per heavy atom. The minimum atomic E-state index is 0.676. The average Bonchev–Trinajstić information content (AvgIpc) is 3.63. The van der Waals surface area contributed by atoms with Gasteiger partial charge in [0.1, 0.15) is 16.8 Å². The third-order valence-corrected chi connectivity index (χ3v) is 8.42. The maximum Gasteiger partial charge on any atom is 0.180 e. The highest BCUT2D eigenvalue weighted by atomic mass is 16.3. The summed E-state index contributed by atoms with van der Waals surface area (Å²) in [5.41, 5.74) is 10.7. The van der Waals surface area contributed by atoms with Crippen molar-refractivity contribution in [3.63, 3.8) is 0 Å². The molecule has 206 valence electrons. The van der Waals surface area contributed by atoms with Crippen molar-refractivity contribution in [2.75, 3.05) is 0 Å². The highest BCUT2D eigenvalue weighted by Crippen LogP contribution is 2.40. The van der Waals surface area contributed by atoms with Gasteiger partial charge in [0.25, 0.3) is 0 Å². The summed E-state index contributed by atoms with van der Waals surface area (Å²) in [7, 11) is 0. The van der Waals surface area contributed by atoms with E-state index in [1.54, 1.807) is 0 Å². The van der Waals surface area contributed by atoms with Crippen LogP contribution in [0.4, 0.5) is 0 Å². The van der Waals surface area contributed by atoms with E-state index in [2.05, 4.69) is 126 Å². The summed E-state index contributed by atoms with van der Waals surface area (Å²) < 4.78 is 9.01. The smallest absolute Gasteiger partial charge is 0.180 e. The van der Waals surface area contributed by atoms with Gasteiger partial charge in [-0.3, -0.25) is 0 Å². The Morgan fingerprint density at radius 1 is 0.455 bits per heavy atom. The highest BCUT2D eigenvalue weighted by Gasteiger charge is 2.21.